The summed E-state index contributed by atoms with van der Waals surface area (Å²) in [5.41, 5.74) is 1.03. The van der Waals surface area contributed by atoms with Gasteiger partial charge < -0.3 is 9.84 Å². The van der Waals surface area contributed by atoms with Crippen LogP contribution in [0.4, 0.5) is 0 Å². The van der Waals surface area contributed by atoms with Crippen LogP contribution in [0, 0.1) is 0 Å². The van der Waals surface area contributed by atoms with Crippen LogP contribution >= 0.6 is 11.6 Å². The van der Waals surface area contributed by atoms with Crippen LogP contribution in [0.1, 0.15) is 5.56 Å². The number of hydrogen-bond donors (Lipinski definition) is 1. The summed E-state index contributed by atoms with van der Waals surface area (Å²) in [7, 11) is 1.62. The maximum atomic E-state index is 9.30. The fourth-order valence-corrected chi connectivity index (χ4v) is 1.24. The molecule has 72 valence electrons. The Kier molecular flexibility index (Phi) is 4.06. The Balaban J connectivity index is 2.66. The summed E-state index contributed by atoms with van der Waals surface area (Å²) >= 11 is 5.49. The van der Waals surface area contributed by atoms with Crippen LogP contribution < -0.4 is 4.74 Å². The molecule has 0 amide bonds. The van der Waals surface area contributed by atoms with Crippen molar-refractivity contribution in [3.63, 3.8) is 0 Å². The number of methoxy groups -OCH3 is 1. The molecule has 0 saturated carbocycles. The third-order valence-corrected chi connectivity index (χ3v) is 2.14. The van der Waals surface area contributed by atoms with Crippen LogP contribution in [0.2, 0.25) is 0 Å². The van der Waals surface area contributed by atoms with Crippen LogP contribution in [0.25, 0.3) is 0 Å². The first-order valence-electron chi connectivity index (χ1n) is 4.13. The Labute approximate surface area is 83.1 Å². The molecule has 3 heteroatoms. The molecule has 0 unspecified atom stereocenters. The quantitative estimate of drug-likeness (QED) is 0.752. The molecule has 0 aromatic heterocycles. The first-order valence-corrected chi connectivity index (χ1v) is 4.66. The minimum Gasteiger partial charge on any atom is -0.497 e. The molecule has 0 aliphatic carbocycles. The number of rotatable bonds is 4. The van der Waals surface area contributed by atoms with E-state index in [1.54, 1.807) is 7.11 Å². The number of aliphatic hydroxyl groups excluding tert-OH is 1. The third kappa shape index (κ3) is 3.25. The molecule has 2 nitrogen and oxygen atoms in total. The van der Waals surface area contributed by atoms with Gasteiger partial charge in [-0.3, -0.25) is 0 Å². The number of aliphatic hydroxyl groups is 1. The van der Waals surface area contributed by atoms with Crippen LogP contribution in [0.15, 0.2) is 24.3 Å². The van der Waals surface area contributed by atoms with Gasteiger partial charge in [-0.2, -0.15) is 0 Å². The van der Waals surface area contributed by atoms with E-state index in [0.717, 1.165) is 11.3 Å². The lowest BCUT2D eigenvalue weighted by Gasteiger charge is -2.07. The Hall–Kier alpha value is -0.730. The van der Waals surface area contributed by atoms with Crippen LogP contribution in [-0.4, -0.2) is 24.2 Å². The van der Waals surface area contributed by atoms with Crippen molar-refractivity contribution in [2.45, 2.75) is 12.5 Å². The highest BCUT2D eigenvalue weighted by atomic mass is 35.5. The van der Waals surface area contributed by atoms with Gasteiger partial charge in [-0.1, -0.05) is 12.1 Å². The van der Waals surface area contributed by atoms with E-state index in [2.05, 4.69) is 0 Å². The number of halogens is 1. The zero-order chi connectivity index (χ0) is 9.68. The molecule has 1 N–H and O–H groups in total. The molecule has 1 atom stereocenters. The maximum absolute atomic E-state index is 9.30. The van der Waals surface area contributed by atoms with E-state index in [1.807, 2.05) is 24.3 Å². The Morgan fingerprint density at radius 2 is 2.31 bits per heavy atom. The van der Waals surface area contributed by atoms with Gasteiger partial charge in [0.25, 0.3) is 0 Å². The van der Waals surface area contributed by atoms with Crippen molar-refractivity contribution >= 4 is 11.6 Å². The standard InChI is InChI=1S/C10H13ClO2/c1-13-10-4-2-3-8(6-10)5-9(12)7-11/h2-4,6,9,12H,5,7H2,1H3/t9-/m1/s1. The average molecular weight is 201 g/mol. The van der Waals surface area contributed by atoms with Gasteiger partial charge in [0.2, 0.25) is 0 Å². The van der Waals surface area contributed by atoms with Gasteiger partial charge in [0.15, 0.2) is 0 Å². The monoisotopic (exact) mass is 200 g/mol. The summed E-state index contributed by atoms with van der Waals surface area (Å²) < 4.78 is 5.06. The second-order valence-corrected chi connectivity index (χ2v) is 3.17. The van der Waals surface area contributed by atoms with Crippen molar-refractivity contribution in [3.05, 3.63) is 29.8 Å². The van der Waals surface area contributed by atoms with E-state index in [9.17, 15) is 5.11 Å². The fraction of sp³-hybridized carbons (Fsp3) is 0.400. The summed E-state index contributed by atoms with van der Waals surface area (Å²) in [5.74, 6) is 1.07. The molecule has 0 bridgehead atoms. The van der Waals surface area contributed by atoms with Gasteiger partial charge in [-0.25, -0.2) is 0 Å². The maximum Gasteiger partial charge on any atom is 0.119 e. The van der Waals surface area contributed by atoms with E-state index in [0.29, 0.717) is 6.42 Å². The smallest absolute Gasteiger partial charge is 0.119 e. The predicted molar refractivity (Wildman–Crippen MR) is 53.4 cm³/mol. The van der Waals surface area contributed by atoms with Crippen LogP contribution in [0.3, 0.4) is 0 Å². The molecule has 0 aliphatic heterocycles. The summed E-state index contributed by atoms with van der Waals surface area (Å²) in [6.45, 7) is 0. The molecule has 1 aromatic carbocycles. The molecule has 0 aliphatic rings. The Bertz CT molecular complexity index is 263. The van der Waals surface area contributed by atoms with Crippen molar-refractivity contribution in [1.82, 2.24) is 0 Å². The lowest BCUT2D eigenvalue weighted by atomic mass is 10.1. The lowest BCUT2D eigenvalue weighted by molar-refractivity contribution is 0.198. The van der Waals surface area contributed by atoms with Crippen molar-refractivity contribution < 1.29 is 9.84 Å². The number of hydrogen-bond acceptors (Lipinski definition) is 2. The molecular formula is C10H13ClO2. The van der Waals surface area contributed by atoms with E-state index in [4.69, 9.17) is 16.3 Å². The average Bonchev–Trinajstić information content (AvgIpc) is 2.18. The Morgan fingerprint density at radius 1 is 1.54 bits per heavy atom. The summed E-state index contributed by atoms with van der Waals surface area (Å²) in [6, 6.07) is 7.61. The largest absolute Gasteiger partial charge is 0.497 e. The molecule has 0 saturated heterocycles. The molecule has 0 spiro atoms. The second kappa shape index (κ2) is 5.10. The summed E-state index contributed by atoms with van der Waals surface area (Å²) in [6.07, 6.45) is 0.0922. The summed E-state index contributed by atoms with van der Waals surface area (Å²) in [5, 5.41) is 9.30. The molecule has 1 aromatic rings. The zero-order valence-corrected chi connectivity index (χ0v) is 8.29. The van der Waals surface area contributed by atoms with E-state index in [1.165, 1.54) is 0 Å². The van der Waals surface area contributed by atoms with Crippen LogP contribution in [-0.2, 0) is 6.42 Å². The number of ether oxygens (including phenoxy) is 1. The fourth-order valence-electron chi connectivity index (χ4n) is 1.13. The van der Waals surface area contributed by atoms with Crippen LogP contribution in [0.5, 0.6) is 5.75 Å². The number of alkyl halides is 1. The SMILES string of the molecule is COc1cccc(C[C@@H](O)CCl)c1. The molecule has 0 fully saturated rings. The molecular weight excluding hydrogens is 188 g/mol. The summed E-state index contributed by atoms with van der Waals surface area (Å²) in [4.78, 5) is 0. The van der Waals surface area contributed by atoms with Crippen molar-refractivity contribution in [2.75, 3.05) is 13.0 Å². The zero-order valence-electron chi connectivity index (χ0n) is 7.53. The molecule has 0 heterocycles. The van der Waals surface area contributed by atoms with Gasteiger partial charge >= 0.3 is 0 Å². The minimum absolute atomic E-state index is 0.261. The minimum atomic E-state index is -0.478. The highest BCUT2D eigenvalue weighted by molar-refractivity contribution is 6.18. The van der Waals surface area contributed by atoms with Gasteiger partial charge in [0, 0.05) is 5.88 Å². The number of benzene rings is 1. The molecule has 0 radical (unpaired) electrons. The van der Waals surface area contributed by atoms with E-state index >= 15 is 0 Å². The van der Waals surface area contributed by atoms with Gasteiger partial charge in [0.1, 0.15) is 5.75 Å². The van der Waals surface area contributed by atoms with Gasteiger partial charge in [-0.15, -0.1) is 11.6 Å². The topological polar surface area (TPSA) is 29.5 Å². The van der Waals surface area contributed by atoms with Crippen molar-refractivity contribution in [3.8, 4) is 5.75 Å². The normalized spacial score (nSPS) is 12.5. The molecule has 1 rings (SSSR count). The van der Waals surface area contributed by atoms with Crippen molar-refractivity contribution in [1.29, 1.82) is 0 Å². The highest BCUT2D eigenvalue weighted by Crippen LogP contribution is 2.14. The highest BCUT2D eigenvalue weighted by Gasteiger charge is 2.03. The second-order valence-electron chi connectivity index (χ2n) is 2.86. The Morgan fingerprint density at radius 3 is 2.92 bits per heavy atom. The first kappa shape index (κ1) is 10.4. The first-order chi connectivity index (χ1) is 6.26. The van der Waals surface area contributed by atoms with E-state index in [-0.39, 0.29) is 5.88 Å². The van der Waals surface area contributed by atoms with E-state index < -0.39 is 6.10 Å². The van der Waals surface area contributed by atoms with Crippen molar-refractivity contribution in [2.24, 2.45) is 0 Å². The third-order valence-electron chi connectivity index (χ3n) is 1.78. The van der Waals surface area contributed by atoms with Gasteiger partial charge in [0.05, 0.1) is 13.2 Å². The van der Waals surface area contributed by atoms with Gasteiger partial charge in [-0.05, 0) is 24.1 Å². The lowest BCUT2D eigenvalue weighted by Crippen LogP contribution is -2.11. The predicted octanol–water partition coefficient (Wildman–Crippen LogP) is 1.84. The molecule has 13 heavy (non-hydrogen) atoms.